The number of aromatic nitrogens is 2. The molecule has 1 N–H and O–H groups in total. The van der Waals surface area contributed by atoms with Crippen molar-refractivity contribution in [1.82, 2.24) is 9.78 Å². The minimum absolute atomic E-state index is 0.238. The fraction of sp³-hybridized carbons (Fsp3) is 0.233. The molecule has 1 aromatic heterocycles. The molecule has 0 atom stereocenters. The lowest BCUT2D eigenvalue weighted by Crippen LogP contribution is -2.17. The zero-order chi connectivity index (χ0) is 28.7. The smallest absolute Gasteiger partial charge is 0.321 e. The van der Waals surface area contributed by atoms with Gasteiger partial charge in [0.1, 0.15) is 11.6 Å². The van der Waals surface area contributed by atoms with Crippen LogP contribution in [0.2, 0.25) is 5.02 Å². The van der Waals surface area contributed by atoms with Gasteiger partial charge in [0.25, 0.3) is 5.91 Å². The van der Waals surface area contributed by atoms with Crippen LogP contribution in [0.15, 0.2) is 65.9 Å². The number of benzene rings is 3. The number of hydrogen-bond donors (Lipinski definition) is 1. The van der Waals surface area contributed by atoms with E-state index in [9.17, 15) is 26.7 Å². The molecule has 4 aromatic rings. The first-order valence-electron chi connectivity index (χ1n) is 13.0. The van der Waals surface area contributed by atoms with Crippen LogP contribution in [0.25, 0.3) is 11.1 Å². The van der Waals surface area contributed by atoms with E-state index in [1.807, 2.05) is 16.9 Å². The van der Waals surface area contributed by atoms with Gasteiger partial charge in [0.2, 0.25) is 0 Å². The van der Waals surface area contributed by atoms with Crippen LogP contribution in [0.1, 0.15) is 64.3 Å². The van der Waals surface area contributed by atoms with Gasteiger partial charge in [-0.15, -0.1) is 0 Å². The van der Waals surface area contributed by atoms with Crippen LogP contribution in [0.3, 0.4) is 0 Å². The number of carbonyl (C=O) groups is 1. The summed E-state index contributed by atoms with van der Waals surface area (Å²) in [5.74, 6) is -2.66. The molecule has 41 heavy (non-hydrogen) atoms. The molecule has 2 saturated carbocycles. The predicted molar refractivity (Wildman–Crippen MR) is 143 cm³/mol. The largest absolute Gasteiger partial charge is 0.416 e. The number of amides is 1. The minimum Gasteiger partial charge on any atom is -0.321 e. The highest BCUT2D eigenvalue weighted by Crippen LogP contribution is 2.57. The highest BCUT2D eigenvalue weighted by Gasteiger charge is 2.51. The van der Waals surface area contributed by atoms with E-state index in [-0.39, 0.29) is 10.7 Å². The molecule has 3 aromatic carbocycles. The summed E-state index contributed by atoms with van der Waals surface area (Å²) in [7, 11) is 0. The summed E-state index contributed by atoms with van der Waals surface area (Å²) in [5, 5.41) is 7.41. The molecular formula is C30H20ClF5N4O. The first-order valence-corrected chi connectivity index (χ1v) is 13.4. The van der Waals surface area contributed by atoms with Gasteiger partial charge >= 0.3 is 6.18 Å². The fourth-order valence-corrected chi connectivity index (χ4v) is 5.54. The molecular weight excluding hydrogens is 563 g/mol. The predicted octanol–water partition coefficient (Wildman–Crippen LogP) is 7.93. The van der Waals surface area contributed by atoms with Gasteiger partial charge in [-0.25, -0.2) is 8.78 Å². The molecule has 1 amide bonds. The molecule has 208 valence electrons. The van der Waals surface area contributed by atoms with E-state index >= 15 is 0 Å². The lowest BCUT2D eigenvalue weighted by Gasteiger charge is -2.17. The maximum atomic E-state index is 14.3. The van der Waals surface area contributed by atoms with Crippen LogP contribution in [-0.2, 0) is 11.7 Å². The summed E-state index contributed by atoms with van der Waals surface area (Å²) in [6.07, 6.45) is 2.29. The van der Waals surface area contributed by atoms with E-state index in [1.54, 1.807) is 12.3 Å². The van der Waals surface area contributed by atoms with Crippen molar-refractivity contribution in [2.75, 3.05) is 5.32 Å². The zero-order valence-electron chi connectivity index (χ0n) is 21.2. The van der Waals surface area contributed by atoms with Gasteiger partial charge in [-0.05, 0) is 85.3 Å². The van der Waals surface area contributed by atoms with Crippen LogP contribution >= 0.6 is 11.6 Å². The molecule has 0 radical (unpaired) electrons. The van der Waals surface area contributed by atoms with Crippen molar-refractivity contribution in [2.45, 2.75) is 43.4 Å². The Balaban J connectivity index is 1.38. The third kappa shape index (κ3) is 4.60. The van der Waals surface area contributed by atoms with Crippen LogP contribution < -0.4 is 5.32 Å². The summed E-state index contributed by atoms with van der Waals surface area (Å²) in [6, 6.07) is 9.55. The van der Waals surface area contributed by atoms with E-state index in [4.69, 9.17) is 16.6 Å². The average molecular weight is 583 g/mol. The maximum Gasteiger partial charge on any atom is 0.416 e. The lowest BCUT2D eigenvalue weighted by atomic mass is 9.91. The molecule has 5 nitrogen and oxygen atoms in total. The van der Waals surface area contributed by atoms with Crippen molar-refractivity contribution in [3.8, 4) is 11.1 Å². The van der Waals surface area contributed by atoms with E-state index in [2.05, 4.69) is 10.4 Å². The van der Waals surface area contributed by atoms with Gasteiger partial charge in [0.05, 0.1) is 39.8 Å². The second-order valence-electron chi connectivity index (χ2n) is 10.7. The average Bonchev–Trinajstić information content (AvgIpc) is 3.84. The van der Waals surface area contributed by atoms with E-state index < -0.39 is 40.4 Å². The highest BCUT2D eigenvalue weighted by molar-refractivity contribution is 6.36. The molecule has 0 saturated heterocycles. The van der Waals surface area contributed by atoms with Gasteiger partial charge in [-0.1, -0.05) is 11.6 Å². The van der Waals surface area contributed by atoms with Gasteiger partial charge < -0.3 is 5.32 Å². The van der Waals surface area contributed by atoms with Crippen molar-refractivity contribution in [2.24, 2.45) is 4.99 Å². The van der Waals surface area contributed by atoms with Crippen LogP contribution in [0, 0.1) is 11.6 Å². The summed E-state index contributed by atoms with van der Waals surface area (Å²) < 4.78 is 70.4. The normalized spacial score (nSPS) is 17.0. The Kier molecular flexibility index (Phi) is 5.67. The molecule has 1 aliphatic heterocycles. The second-order valence-corrected chi connectivity index (χ2v) is 11.1. The standard InChI is InChI=1S/C30H20ClF5N4O/c31-24-4-1-19(32)12-22(24)27-26-23(29(39-27)5-6-29)9-15(17-13-37-40(14-17)21-2-3-21)10-25(26)38-28(41)16-7-18(30(34,35)36)11-20(33)8-16/h1,4,7-14,21H,2-3,5-6H2,(H,38,41). The SMILES string of the molecule is O=C(Nc1cc(-c2cnn(C3CC3)c2)cc2c1C(c1cc(F)ccc1Cl)=NC21CC1)c1cc(F)cc(C(F)(F)F)c1. The third-order valence-corrected chi connectivity index (χ3v) is 8.03. The van der Waals surface area contributed by atoms with Gasteiger partial charge in [-0.2, -0.15) is 18.3 Å². The molecule has 2 aliphatic carbocycles. The molecule has 0 bridgehead atoms. The Bertz CT molecular complexity index is 1790. The zero-order valence-corrected chi connectivity index (χ0v) is 22.0. The highest BCUT2D eigenvalue weighted by atomic mass is 35.5. The van der Waals surface area contributed by atoms with Crippen molar-refractivity contribution >= 4 is 28.9 Å². The number of anilines is 1. The topological polar surface area (TPSA) is 59.3 Å². The molecule has 2 heterocycles. The first-order chi connectivity index (χ1) is 19.5. The summed E-state index contributed by atoms with van der Waals surface area (Å²) >= 11 is 6.46. The Labute approximate surface area is 235 Å². The first kappa shape index (κ1) is 25.9. The third-order valence-electron chi connectivity index (χ3n) is 7.70. The van der Waals surface area contributed by atoms with Gasteiger partial charge in [-0.3, -0.25) is 14.5 Å². The number of fused-ring (bicyclic) bond motifs is 2. The van der Waals surface area contributed by atoms with Gasteiger partial charge in [0.15, 0.2) is 0 Å². The van der Waals surface area contributed by atoms with E-state index in [0.29, 0.717) is 53.4 Å². The van der Waals surface area contributed by atoms with Crippen LogP contribution in [-0.4, -0.2) is 21.4 Å². The van der Waals surface area contributed by atoms with Crippen LogP contribution in [0.4, 0.5) is 27.6 Å². The van der Waals surface area contributed by atoms with E-state index in [0.717, 1.165) is 30.0 Å². The monoisotopic (exact) mass is 582 g/mol. The lowest BCUT2D eigenvalue weighted by molar-refractivity contribution is -0.137. The van der Waals surface area contributed by atoms with Crippen molar-refractivity contribution in [3.63, 3.8) is 0 Å². The molecule has 1 spiro atoms. The molecule has 7 rings (SSSR count). The van der Waals surface area contributed by atoms with E-state index in [1.165, 1.54) is 18.2 Å². The summed E-state index contributed by atoms with van der Waals surface area (Å²) in [4.78, 5) is 18.3. The van der Waals surface area contributed by atoms with Crippen LogP contribution in [0.5, 0.6) is 0 Å². The molecule has 11 heteroatoms. The second kappa shape index (κ2) is 8.97. The number of alkyl halides is 3. The summed E-state index contributed by atoms with van der Waals surface area (Å²) in [6.45, 7) is 0. The number of nitrogens with one attached hydrogen (secondary N) is 1. The molecule has 3 aliphatic rings. The quantitative estimate of drug-likeness (QED) is 0.243. The fourth-order valence-electron chi connectivity index (χ4n) is 5.34. The maximum absolute atomic E-state index is 14.3. The summed E-state index contributed by atoms with van der Waals surface area (Å²) in [5.41, 5.74) is 1.35. The number of halogens is 6. The molecule has 0 unspecified atom stereocenters. The molecule has 2 fully saturated rings. The minimum atomic E-state index is -4.84. The van der Waals surface area contributed by atoms with Crippen molar-refractivity contribution in [3.05, 3.63) is 105 Å². The Morgan fingerprint density at radius 3 is 2.49 bits per heavy atom. The number of carbonyl (C=O) groups excluding carboxylic acids is 1. The Hall–Kier alpha value is -4.05. The number of rotatable bonds is 5. The number of nitrogens with zero attached hydrogens (tertiary/aromatic N) is 3. The Morgan fingerprint density at radius 2 is 1.78 bits per heavy atom. The number of aliphatic imine (C=N–C) groups is 1. The Morgan fingerprint density at radius 1 is 1.00 bits per heavy atom. The van der Waals surface area contributed by atoms with Crippen molar-refractivity contribution < 1.29 is 26.7 Å². The number of hydrogen-bond acceptors (Lipinski definition) is 3. The van der Waals surface area contributed by atoms with Gasteiger partial charge in [0, 0.05) is 28.5 Å². The van der Waals surface area contributed by atoms with Crippen molar-refractivity contribution in [1.29, 1.82) is 0 Å².